The molecule has 2 aromatic rings. The van der Waals surface area contributed by atoms with Gasteiger partial charge < -0.3 is 0 Å². The van der Waals surface area contributed by atoms with Gasteiger partial charge in [0, 0.05) is 18.0 Å². The van der Waals surface area contributed by atoms with E-state index < -0.39 is 0 Å². The van der Waals surface area contributed by atoms with Gasteiger partial charge in [0.15, 0.2) is 0 Å². The van der Waals surface area contributed by atoms with Crippen molar-refractivity contribution in [1.82, 2.24) is 9.97 Å². The number of hydrogen-bond acceptors (Lipinski definition) is 3. The molecule has 2 heterocycles. The molecule has 0 saturated heterocycles. The van der Waals surface area contributed by atoms with Crippen LogP contribution in [0, 0.1) is 5.92 Å². The van der Waals surface area contributed by atoms with E-state index in [9.17, 15) is 0 Å². The number of hydrogen-bond donors (Lipinski definition) is 0. The van der Waals surface area contributed by atoms with Crippen LogP contribution in [0.15, 0.2) is 16.2 Å². The largest absolute Gasteiger partial charge is 0.252 e. The molecular formula is C10H11BrN2S. The van der Waals surface area contributed by atoms with Crippen LogP contribution in [0.4, 0.5) is 0 Å². The summed E-state index contributed by atoms with van der Waals surface area (Å²) in [7, 11) is 0. The first kappa shape index (κ1) is 10.1. The van der Waals surface area contributed by atoms with Gasteiger partial charge in [-0.2, -0.15) is 0 Å². The summed E-state index contributed by atoms with van der Waals surface area (Å²) in [6.07, 6.45) is 4.55. The average Bonchev–Trinajstić information content (AvgIpc) is 2.43. The Hall–Kier alpha value is -0.480. The van der Waals surface area contributed by atoms with Crippen molar-refractivity contribution < 1.29 is 0 Å². The molecular weight excluding hydrogens is 260 g/mol. The van der Waals surface area contributed by atoms with Gasteiger partial charge in [-0.25, -0.2) is 4.98 Å². The Kier molecular flexibility index (Phi) is 2.83. The number of aromatic nitrogens is 2. The topological polar surface area (TPSA) is 25.8 Å². The van der Waals surface area contributed by atoms with E-state index in [0.29, 0.717) is 5.92 Å². The molecule has 0 aliphatic rings. The molecule has 0 aliphatic heterocycles. The Bertz CT molecular complexity index is 450. The minimum atomic E-state index is 0.645. The molecule has 0 radical (unpaired) electrons. The molecule has 0 bridgehead atoms. The maximum absolute atomic E-state index is 4.37. The molecule has 0 amide bonds. The van der Waals surface area contributed by atoms with Crippen LogP contribution in [0.1, 0.15) is 19.4 Å². The normalized spacial score (nSPS) is 11.4. The Labute approximate surface area is 95.5 Å². The van der Waals surface area contributed by atoms with Gasteiger partial charge in [-0.3, -0.25) is 4.98 Å². The molecule has 0 spiro atoms. The fraction of sp³-hybridized carbons (Fsp3) is 0.400. The second kappa shape index (κ2) is 3.95. The molecule has 0 N–H and O–H groups in total. The first-order chi connectivity index (χ1) is 6.68. The SMILES string of the molecule is CC(C)Cc1c(Br)sc2nccnc12. The van der Waals surface area contributed by atoms with Gasteiger partial charge in [0.25, 0.3) is 0 Å². The van der Waals surface area contributed by atoms with E-state index in [1.165, 1.54) is 9.35 Å². The molecule has 14 heavy (non-hydrogen) atoms. The standard InChI is InChI=1S/C10H11BrN2S/c1-6(2)5-7-8-10(14-9(7)11)13-4-3-12-8/h3-4,6H,5H2,1-2H3. The molecule has 0 aliphatic carbocycles. The van der Waals surface area contributed by atoms with Gasteiger partial charge in [-0.15, -0.1) is 11.3 Å². The highest BCUT2D eigenvalue weighted by atomic mass is 79.9. The zero-order valence-electron chi connectivity index (χ0n) is 8.12. The predicted molar refractivity (Wildman–Crippen MR) is 63.7 cm³/mol. The van der Waals surface area contributed by atoms with Gasteiger partial charge >= 0.3 is 0 Å². The lowest BCUT2D eigenvalue weighted by molar-refractivity contribution is 0.649. The van der Waals surface area contributed by atoms with Crippen LogP contribution in [-0.4, -0.2) is 9.97 Å². The van der Waals surface area contributed by atoms with Gasteiger partial charge in [0.05, 0.1) is 3.79 Å². The van der Waals surface area contributed by atoms with Crippen molar-refractivity contribution in [2.24, 2.45) is 5.92 Å². The quantitative estimate of drug-likeness (QED) is 0.833. The molecule has 2 rings (SSSR count). The van der Waals surface area contributed by atoms with Crippen LogP contribution in [0.3, 0.4) is 0 Å². The number of rotatable bonds is 2. The lowest BCUT2D eigenvalue weighted by Gasteiger charge is -2.02. The lowest BCUT2D eigenvalue weighted by atomic mass is 10.1. The molecule has 0 atom stereocenters. The van der Waals surface area contributed by atoms with Crippen LogP contribution in [-0.2, 0) is 6.42 Å². The summed E-state index contributed by atoms with van der Waals surface area (Å²) in [5.41, 5.74) is 2.35. The van der Waals surface area contributed by atoms with Crippen molar-refractivity contribution in [3.8, 4) is 0 Å². The predicted octanol–water partition coefficient (Wildman–Crippen LogP) is 3.65. The third kappa shape index (κ3) is 1.81. The van der Waals surface area contributed by atoms with E-state index in [2.05, 4.69) is 39.7 Å². The Morgan fingerprint density at radius 3 is 2.79 bits per heavy atom. The zero-order chi connectivity index (χ0) is 10.1. The summed E-state index contributed by atoms with van der Waals surface area (Å²) in [6.45, 7) is 4.43. The number of nitrogens with zero attached hydrogens (tertiary/aromatic N) is 2. The lowest BCUT2D eigenvalue weighted by Crippen LogP contribution is -1.94. The summed E-state index contributed by atoms with van der Waals surface area (Å²) in [4.78, 5) is 9.69. The minimum Gasteiger partial charge on any atom is -0.252 e. The number of fused-ring (bicyclic) bond motifs is 1. The van der Waals surface area contributed by atoms with Crippen LogP contribution < -0.4 is 0 Å². The fourth-order valence-corrected chi connectivity index (χ4v) is 3.10. The van der Waals surface area contributed by atoms with Crippen molar-refractivity contribution in [3.63, 3.8) is 0 Å². The molecule has 2 nitrogen and oxygen atoms in total. The highest BCUT2D eigenvalue weighted by molar-refractivity contribution is 9.11. The third-order valence-electron chi connectivity index (χ3n) is 1.99. The van der Waals surface area contributed by atoms with Gasteiger partial charge in [-0.05, 0) is 28.3 Å². The first-order valence-electron chi connectivity index (χ1n) is 4.56. The highest BCUT2D eigenvalue weighted by Gasteiger charge is 2.12. The third-order valence-corrected chi connectivity index (χ3v) is 3.87. The van der Waals surface area contributed by atoms with E-state index >= 15 is 0 Å². The molecule has 0 aromatic carbocycles. The average molecular weight is 271 g/mol. The smallest absolute Gasteiger partial charge is 0.143 e. The van der Waals surface area contributed by atoms with E-state index in [-0.39, 0.29) is 0 Å². The second-order valence-corrected chi connectivity index (χ2v) is 5.98. The summed E-state index contributed by atoms with van der Waals surface area (Å²) in [5, 5.41) is 0. The molecule has 2 aromatic heterocycles. The molecule has 0 fully saturated rings. The van der Waals surface area contributed by atoms with E-state index in [1.807, 2.05) is 0 Å². The number of halogens is 1. The van der Waals surface area contributed by atoms with Crippen LogP contribution in [0.5, 0.6) is 0 Å². The van der Waals surface area contributed by atoms with Crippen molar-refractivity contribution in [2.45, 2.75) is 20.3 Å². The van der Waals surface area contributed by atoms with Gasteiger partial charge in [0.1, 0.15) is 10.3 Å². The summed E-state index contributed by atoms with van der Waals surface area (Å²) >= 11 is 5.24. The van der Waals surface area contributed by atoms with Crippen LogP contribution in [0.2, 0.25) is 0 Å². The van der Waals surface area contributed by atoms with E-state index in [0.717, 1.165) is 16.8 Å². The monoisotopic (exact) mass is 270 g/mol. The number of thiophene rings is 1. The maximum atomic E-state index is 4.37. The maximum Gasteiger partial charge on any atom is 0.143 e. The summed E-state index contributed by atoms with van der Waals surface area (Å²) in [5.74, 6) is 0.645. The molecule has 74 valence electrons. The summed E-state index contributed by atoms with van der Waals surface area (Å²) < 4.78 is 1.17. The van der Waals surface area contributed by atoms with E-state index in [1.54, 1.807) is 23.7 Å². The second-order valence-electron chi connectivity index (χ2n) is 3.66. The van der Waals surface area contributed by atoms with E-state index in [4.69, 9.17) is 0 Å². The Morgan fingerprint density at radius 2 is 2.07 bits per heavy atom. The zero-order valence-corrected chi connectivity index (χ0v) is 10.5. The Balaban J connectivity index is 2.56. The Morgan fingerprint density at radius 1 is 1.36 bits per heavy atom. The van der Waals surface area contributed by atoms with Crippen molar-refractivity contribution in [3.05, 3.63) is 21.7 Å². The minimum absolute atomic E-state index is 0.645. The van der Waals surface area contributed by atoms with Gasteiger partial charge in [0.2, 0.25) is 0 Å². The van der Waals surface area contributed by atoms with Crippen molar-refractivity contribution in [1.29, 1.82) is 0 Å². The van der Waals surface area contributed by atoms with Crippen molar-refractivity contribution >= 4 is 37.6 Å². The molecule has 0 saturated carbocycles. The first-order valence-corrected chi connectivity index (χ1v) is 6.17. The van der Waals surface area contributed by atoms with Crippen LogP contribution in [0.25, 0.3) is 10.3 Å². The van der Waals surface area contributed by atoms with Gasteiger partial charge in [-0.1, -0.05) is 13.8 Å². The van der Waals surface area contributed by atoms with Crippen molar-refractivity contribution in [2.75, 3.05) is 0 Å². The highest BCUT2D eigenvalue weighted by Crippen LogP contribution is 2.34. The summed E-state index contributed by atoms with van der Waals surface area (Å²) in [6, 6.07) is 0. The molecule has 0 unspecified atom stereocenters. The fourth-order valence-electron chi connectivity index (χ4n) is 1.43. The van der Waals surface area contributed by atoms with Crippen LogP contribution >= 0.6 is 27.3 Å². The molecule has 4 heteroatoms.